The van der Waals surface area contributed by atoms with Gasteiger partial charge in [-0.05, 0) is 19.1 Å². The van der Waals surface area contributed by atoms with Crippen LogP contribution in [-0.2, 0) is 10.0 Å². The zero-order chi connectivity index (χ0) is 14.0. The van der Waals surface area contributed by atoms with Crippen LogP contribution in [0.3, 0.4) is 0 Å². The van der Waals surface area contributed by atoms with Gasteiger partial charge in [-0.3, -0.25) is 4.72 Å². The van der Waals surface area contributed by atoms with Gasteiger partial charge in [0.2, 0.25) is 5.09 Å². The summed E-state index contributed by atoms with van der Waals surface area (Å²) in [4.78, 5) is 0. The topological polar surface area (TPSA) is 59.3 Å². The molecule has 0 aliphatic carbocycles. The highest BCUT2D eigenvalue weighted by Gasteiger charge is 2.19. The van der Waals surface area contributed by atoms with Crippen LogP contribution in [0.2, 0.25) is 0 Å². The van der Waals surface area contributed by atoms with Gasteiger partial charge >= 0.3 is 0 Å². The van der Waals surface area contributed by atoms with Gasteiger partial charge in [-0.2, -0.15) is 8.42 Å². The lowest BCUT2D eigenvalue weighted by Gasteiger charge is -2.04. The second kappa shape index (κ2) is 5.11. The van der Waals surface area contributed by atoms with Crippen LogP contribution in [0.1, 0.15) is 6.92 Å². The summed E-state index contributed by atoms with van der Waals surface area (Å²) in [6.07, 6.45) is 1.42. The number of hydrogen-bond acceptors (Lipinski definition) is 3. The molecule has 1 N–H and O–H groups in total. The average molecular weight is 298 g/mol. The fourth-order valence-corrected chi connectivity index (χ4v) is 2.85. The maximum absolute atomic E-state index is 12.1. The van der Waals surface area contributed by atoms with E-state index in [1.807, 2.05) is 6.07 Å². The van der Waals surface area contributed by atoms with Crippen LogP contribution in [0.25, 0.3) is 11.0 Å². The smallest absolute Gasteiger partial charge is 0.295 e. The Morgan fingerprint density at radius 1 is 1.42 bits per heavy atom. The van der Waals surface area contributed by atoms with Gasteiger partial charge in [-0.1, -0.05) is 36.4 Å². The number of fused-ring (bicyclic) bond motifs is 1. The van der Waals surface area contributed by atoms with Crippen molar-refractivity contribution in [1.82, 2.24) is 4.72 Å². The van der Waals surface area contributed by atoms with Crippen LogP contribution in [0.4, 0.5) is 0 Å². The summed E-state index contributed by atoms with van der Waals surface area (Å²) in [6, 6.07) is 8.54. The summed E-state index contributed by atoms with van der Waals surface area (Å²) in [5.74, 6) is 0. The predicted octanol–water partition coefficient (Wildman–Crippen LogP) is 3.37. The highest BCUT2D eigenvalue weighted by molar-refractivity contribution is 7.89. The van der Waals surface area contributed by atoms with E-state index in [-0.39, 0.29) is 10.1 Å². The van der Waals surface area contributed by atoms with E-state index in [2.05, 4.69) is 11.3 Å². The molecule has 1 aromatic heterocycles. The molecule has 0 saturated carbocycles. The quantitative estimate of drug-likeness (QED) is 0.880. The van der Waals surface area contributed by atoms with Gasteiger partial charge in [0.15, 0.2) is 0 Å². The van der Waals surface area contributed by atoms with Gasteiger partial charge in [0.05, 0.1) is 0 Å². The van der Waals surface area contributed by atoms with E-state index in [0.717, 1.165) is 5.39 Å². The second-order valence-electron chi connectivity index (χ2n) is 3.98. The first-order chi connectivity index (χ1) is 8.88. The molecular weight excluding hydrogens is 286 g/mol. The molecule has 0 spiro atoms. The number of furan rings is 1. The molecule has 100 valence electrons. The molecule has 0 fully saturated rings. The van der Waals surface area contributed by atoms with E-state index >= 15 is 0 Å². The predicted molar refractivity (Wildman–Crippen MR) is 75.3 cm³/mol. The lowest BCUT2D eigenvalue weighted by atomic mass is 10.3. The number of sulfonamides is 1. The molecule has 4 nitrogen and oxygen atoms in total. The Morgan fingerprint density at radius 3 is 2.74 bits per heavy atom. The number of nitrogens with one attached hydrogen (secondary N) is 1. The highest BCUT2D eigenvalue weighted by Crippen LogP contribution is 2.22. The van der Waals surface area contributed by atoms with Crippen LogP contribution >= 0.6 is 11.6 Å². The molecule has 6 heteroatoms. The van der Waals surface area contributed by atoms with Gasteiger partial charge in [-0.25, -0.2) is 0 Å². The zero-order valence-electron chi connectivity index (χ0n) is 10.2. The monoisotopic (exact) mass is 297 g/mol. The van der Waals surface area contributed by atoms with Crippen LogP contribution in [0.5, 0.6) is 0 Å². The van der Waals surface area contributed by atoms with E-state index in [1.165, 1.54) is 12.1 Å². The van der Waals surface area contributed by atoms with Gasteiger partial charge in [-0.15, -0.1) is 0 Å². The molecule has 0 aliphatic rings. The average Bonchev–Trinajstić information content (AvgIpc) is 2.71. The van der Waals surface area contributed by atoms with Crippen LogP contribution in [0, 0.1) is 0 Å². The lowest BCUT2D eigenvalue weighted by Crippen LogP contribution is -2.21. The second-order valence-corrected chi connectivity index (χ2v) is 6.08. The molecule has 1 heterocycles. The van der Waals surface area contributed by atoms with E-state index in [1.54, 1.807) is 25.1 Å². The number of halogens is 1. The van der Waals surface area contributed by atoms with Gasteiger partial charge in [0.25, 0.3) is 10.0 Å². The molecule has 0 atom stereocenters. The Hall–Kier alpha value is -1.72. The van der Waals surface area contributed by atoms with Crippen LogP contribution < -0.4 is 4.72 Å². The van der Waals surface area contributed by atoms with E-state index in [9.17, 15) is 8.42 Å². The zero-order valence-corrected chi connectivity index (χ0v) is 11.8. The minimum atomic E-state index is -3.75. The van der Waals surface area contributed by atoms with Crippen molar-refractivity contribution >= 4 is 32.6 Å². The molecular formula is C13H12ClNO3S. The number of hydrogen-bond donors (Lipinski definition) is 1. The summed E-state index contributed by atoms with van der Waals surface area (Å²) in [5.41, 5.74) is 0.881. The minimum Gasteiger partial charge on any atom is -0.443 e. The van der Waals surface area contributed by atoms with Crippen LogP contribution in [0.15, 0.2) is 63.2 Å². The number of benzene rings is 1. The Balaban J connectivity index is 2.36. The Bertz CT molecular complexity index is 726. The van der Waals surface area contributed by atoms with Crippen LogP contribution in [-0.4, -0.2) is 8.42 Å². The largest absolute Gasteiger partial charge is 0.443 e. The van der Waals surface area contributed by atoms with Crippen molar-refractivity contribution in [3.05, 3.63) is 53.7 Å². The molecule has 19 heavy (non-hydrogen) atoms. The SMILES string of the molecule is C=C(Cl)/C=C(\C)NS(=O)(=O)c1cc2ccccc2o1. The molecule has 0 amide bonds. The normalized spacial score (nSPS) is 12.6. The van der Waals surface area contributed by atoms with Crippen molar-refractivity contribution in [2.45, 2.75) is 12.0 Å². The van der Waals surface area contributed by atoms with Crippen molar-refractivity contribution in [3.63, 3.8) is 0 Å². The third kappa shape index (κ3) is 3.19. The van der Waals surface area contributed by atoms with Crippen molar-refractivity contribution in [1.29, 1.82) is 0 Å². The van der Waals surface area contributed by atoms with Crippen molar-refractivity contribution in [3.8, 4) is 0 Å². The number of rotatable bonds is 4. The Kier molecular flexibility index (Phi) is 3.68. The van der Waals surface area contributed by atoms with E-state index < -0.39 is 10.0 Å². The first-order valence-corrected chi connectivity index (χ1v) is 7.29. The third-order valence-corrected chi connectivity index (χ3v) is 3.77. The molecule has 0 unspecified atom stereocenters. The van der Waals surface area contributed by atoms with E-state index in [0.29, 0.717) is 11.3 Å². The van der Waals surface area contributed by atoms with Gasteiger partial charge in [0, 0.05) is 22.2 Å². The number of allylic oxidation sites excluding steroid dienone is 3. The minimum absolute atomic E-state index is 0.137. The summed E-state index contributed by atoms with van der Waals surface area (Å²) in [7, 11) is -3.75. The highest BCUT2D eigenvalue weighted by atomic mass is 35.5. The van der Waals surface area contributed by atoms with Gasteiger partial charge in [0.1, 0.15) is 5.58 Å². The van der Waals surface area contributed by atoms with Crippen molar-refractivity contribution in [2.24, 2.45) is 0 Å². The molecule has 1 aromatic carbocycles. The summed E-state index contributed by atoms with van der Waals surface area (Å²) in [6.45, 7) is 5.04. The first kappa shape index (κ1) is 13.7. The van der Waals surface area contributed by atoms with Crippen molar-refractivity contribution in [2.75, 3.05) is 0 Å². The molecule has 0 radical (unpaired) electrons. The molecule has 2 rings (SSSR count). The lowest BCUT2D eigenvalue weighted by molar-refractivity contribution is 0.478. The summed E-state index contributed by atoms with van der Waals surface area (Å²) < 4.78 is 31.8. The summed E-state index contributed by atoms with van der Waals surface area (Å²) in [5, 5.41) is 0.831. The molecule has 2 aromatic rings. The third-order valence-electron chi connectivity index (χ3n) is 2.34. The summed E-state index contributed by atoms with van der Waals surface area (Å²) >= 11 is 5.58. The van der Waals surface area contributed by atoms with E-state index in [4.69, 9.17) is 16.0 Å². The molecule has 0 saturated heterocycles. The standard InChI is InChI=1S/C13H12ClNO3S/c1-9(14)7-10(2)15-19(16,17)13-8-11-5-3-4-6-12(11)18-13/h3-8,15H,1H2,2H3/b10-7+. The Labute approximate surface area is 116 Å². The molecule has 0 bridgehead atoms. The first-order valence-electron chi connectivity index (χ1n) is 5.42. The maximum atomic E-state index is 12.1. The fraction of sp³-hybridized carbons (Fsp3) is 0.0769. The number of para-hydroxylation sites is 1. The van der Waals surface area contributed by atoms with Crippen molar-refractivity contribution < 1.29 is 12.8 Å². The maximum Gasteiger partial charge on any atom is 0.295 e. The molecule has 0 aliphatic heterocycles. The van der Waals surface area contributed by atoms with Gasteiger partial charge < -0.3 is 4.42 Å². The fourth-order valence-electron chi connectivity index (χ4n) is 1.62. The Morgan fingerprint density at radius 2 is 2.11 bits per heavy atom.